The molecule has 6 heteroatoms. The van der Waals surface area contributed by atoms with Gasteiger partial charge in [0.1, 0.15) is 0 Å². The minimum atomic E-state index is -1.52. The zero-order valence-corrected chi connectivity index (χ0v) is 12.6. The maximum absolute atomic E-state index is 5.29. The number of rotatable bonds is 6. The number of hydrogen-bond acceptors (Lipinski definition) is 4. The monoisotopic (exact) mass is 246 g/mol. The summed E-state index contributed by atoms with van der Waals surface area (Å²) in [6, 6.07) is 0. The largest absolute Gasteiger partial charge is 0.456 e. The molecule has 4 nitrogen and oxygen atoms in total. The van der Waals surface area contributed by atoms with Gasteiger partial charge in [0.25, 0.3) is 16.6 Å². The van der Waals surface area contributed by atoms with Gasteiger partial charge in [-0.2, -0.15) is 0 Å². The second kappa shape index (κ2) is 6.07. The van der Waals surface area contributed by atoms with Crippen molar-refractivity contribution in [2.24, 2.45) is 10.3 Å². The van der Waals surface area contributed by atoms with Gasteiger partial charge in [-0.3, -0.25) is 0 Å². The molecule has 15 heavy (non-hydrogen) atoms. The normalized spacial score (nSPS) is 13.7. The average molecular weight is 246 g/mol. The molecule has 0 radical (unpaired) electrons. The second-order valence-corrected chi connectivity index (χ2v) is 14.0. The summed E-state index contributed by atoms with van der Waals surface area (Å²) in [7, 11) is -3.04. The zero-order chi connectivity index (χ0) is 11.9. The van der Waals surface area contributed by atoms with Crippen LogP contribution in [0.2, 0.25) is 39.3 Å². The van der Waals surface area contributed by atoms with Crippen molar-refractivity contribution < 1.29 is 9.05 Å². The summed E-state index contributed by atoms with van der Waals surface area (Å²) >= 11 is 0. The molecule has 0 aliphatic rings. The number of oxime groups is 2. The summed E-state index contributed by atoms with van der Waals surface area (Å²) in [5, 5.41) is 7.76. The molecule has 0 aromatic rings. The molecule has 0 aliphatic heterocycles. The highest BCUT2D eigenvalue weighted by atomic mass is 28.4. The van der Waals surface area contributed by atoms with Gasteiger partial charge in [0.15, 0.2) is 0 Å². The lowest BCUT2D eigenvalue weighted by molar-refractivity contribution is 0.335. The summed E-state index contributed by atoms with van der Waals surface area (Å²) in [5.41, 5.74) is 0. The van der Waals surface area contributed by atoms with Gasteiger partial charge in [0.05, 0.1) is 0 Å². The topological polar surface area (TPSA) is 43.2 Å². The van der Waals surface area contributed by atoms with E-state index < -0.39 is 16.6 Å². The maximum Gasteiger partial charge on any atom is 0.278 e. The first kappa shape index (κ1) is 14.4. The Labute approximate surface area is 94.6 Å². The highest BCUT2D eigenvalue weighted by Gasteiger charge is 2.15. The third kappa shape index (κ3) is 13.4. The molecule has 0 saturated heterocycles. The molecule has 0 rings (SSSR count). The maximum atomic E-state index is 5.29. The van der Waals surface area contributed by atoms with Gasteiger partial charge in [0.2, 0.25) is 0 Å². The minimum absolute atomic E-state index is 0.648. The van der Waals surface area contributed by atoms with Crippen molar-refractivity contribution in [3.8, 4) is 0 Å². The molecule has 0 bridgehead atoms. The fourth-order valence-corrected chi connectivity index (χ4v) is 1.31. The molecule has 0 N–H and O–H groups in total. The Morgan fingerprint density at radius 2 is 1.13 bits per heavy atom. The summed E-state index contributed by atoms with van der Waals surface area (Å²) in [6.45, 7) is 12.5. The Hall–Kier alpha value is -0.626. The molecule has 0 spiro atoms. The van der Waals surface area contributed by atoms with Crippen molar-refractivity contribution in [2.75, 3.05) is 0 Å². The van der Waals surface area contributed by atoms with Crippen LogP contribution in [0, 0.1) is 0 Å². The van der Waals surface area contributed by atoms with Crippen LogP contribution in [-0.2, 0) is 9.05 Å². The van der Waals surface area contributed by atoms with Crippen LogP contribution < -0.4 is 0 Å². The Balaban J connectivity index is 3.62. The second-order valence-electron chi connectivity index (χ2n) is 5.22. The van der Waals surface area contributed by atoms with E-state index in [0.717, 1.165) is 0 Å². The lowest BCUT2D eigenvalue weighted by Gasteiger charge is -2.12. The number of hydrogen-bond donors (Lipinski definition) is 0. The first-order chi connectivity index (χ1) is 6.71. The van der Waals surface area contributed by atoms with Crippen LogP contribution in [0.1, 0.15) is 6.42 Å². The van der Waals surface area contributed by atoms with E-state index in [1.54, 1.807) is 12.4 Å². The fraction of sp³-hybridized carbons (Fsp3) is 0.778. The fourth-order valence-electron chi connectivity index (χ4n) is 0.524. The van der Waals surface area contributed by atoms with Crippen LogP contribution in [-0.4, -0.2) is 29.1 Å². The van der Waals surface area contributed by atoms with Gasteiger partial charge < -0.3 is 9.05 Å². The predicted molar refractivity (Wildman–Crippen MR) is 70.5 cm³/mol. The molecule has 0 aromatic carbocycles. The quantitative estimate of drug-likeness (QED) is 0.411. The van der Waals surface area contributed by atoms with E-state index in [0.29, 0.717) is 6.42 Å². The van der Waals surface area contributed by atoms with E-state index in [2.05, 4.69) is 49.6 Å². The summed E-state index contributed by atoms with van der Waals surface area (Å²) in [4.78, 5) is 0. The molecule has 0 saturated carbocycles. The van der Waals surface area contributed by atoms with Crippen molar-refractivity contribution in [3.05, 3.63) is 0 Å². The van der Waals surface area contributed by atoms with E-state index in [1.165, 1.54) is 0 Å². The molecule has 0 heterocycles. The Kier molecular flexibility index (Phi) is 5.81. The highest BCUT2D eigenvalue weighted by molar-refractivity contribution is 6.70. The molecule has 0 unspecified atom stereocenters. The molecule has 88 valence electrons. The van der Waals surface area contributed by atoms with Gasteiger partial charge in [-0.15, -0.1) is 10.3 Å². The SMILES string of the molecule is C[Si](C)(C)O/N=C/C/C=N/O[Si](C)(C)C. The smallest absolute Gasteiger partial charge is 0.278 e. The summed E-state index contributed by atoms with van der Waals surface area (Å²) in [6.07, 6.45) is 4.06. The van der Waals surface area contributed by atoms with Crippen LogP contribution in [0.15, 0.2) is 10.3 Å². The first-order valence-corrected chi connectivity index (χ1v) is 11.9. The Morgan fingerprint density at radius 3 is 1.40 bits per heavy atom. The molecular weight excluding hydrogens is 224 g/mol. The zero-order valence-electron chi connectivity index (χ0n) is 10.6. The van der Waals surface area contributed by atoms with E-state index >= 15 is 0 Å². The Morgan fingerprint density at radius 1 is 0.800 bits per heavy atom. The molecule has 0 fully saturated rings. The van der Waals surface area contributed by atoms with Gasteiger partial charge in [-0.25, -0.2) is 0 Å². The van der Waals surface area contributed by atoms with Gasteiger partial charge in [-0.1, -0.05) is 0 Å². The molecular formula is C9H22N2O2Si2. The summed E-state index contributed by atoms with van der Waals surface area (Å²) in [5.74, 6) is 0. The highest BCUT2D eigenvalue weighted by Crippen LogP contribution is 2.02. The third-order valence-corrected chi connectivity index (χ3v) is 2.32. The third-order valence-electron chi connectivity index (χ3n) is 1.01. The summed E-state index contributed by atoms with van der Waals surface area (Å²) < 4.78 is 10.6. The van der Waals surface area contributed by atoms with Crippen molar-refractivity contribution in [3.63, 3.8) is 0 Å². The minimum Gasteiger partial charge on any atom is -0.456 e. The van der Waals surface area contributed by atoms with E-state index in [9.17, 15) is 0 Å². The van der Waals surface area contributed by atoms with Crippen LogP contribution in [0.4, 0.5) is 0 Å². The lowest BCUT2D eigenvalue weighted by atomic mass is 10.5. The van der Waals surface area contributed by atoms with Crippen molar-refractivity contribution in [1.82, 2.24) is 0 Å². The molecule has 0 atom stereocenters. The van der Waals surface area contributed by atoms with Gasteiger partial charge in [-0.05, 0) is 39.3 Å². The van der Waals surface area contributed by atoms with Crippen LogP contribution in [0.3, 0.4) is 0 Å². The molecule has 0 aliphatic carbocycles. The lowest BCUT2D eigenvalue weighted by Crippen LogP contribution is -2.22. The van der Waals surface area contributed by atoms with Crippen LogP contribution in [0.5, 0.6) is 0 Å². The average Bonchev–Trinajstić information content (AvgIpc) is 1.98. The van der Waals surface area contributed by atoms with E-state index in [-0.39, 0.29) is 0 Å². The van der Waals surface area contributed by atoms with Crippen molar-refractivity contribution >= 4 is 29.1 Å². The van der Waals surface area contributed by atoms with E-state index in [1.807, 2.05) is 0 Å². The van der Waals surface area contributed by atoms with Crippen LogP contribution in [0.25, 0.3) is 0 Å². The Bertz CT molecular complexity index is 205. The molecule has 0 aromatic heterocycles. The van der Waals surface area contributed by atoms with E-state index in [4.69, 9.17) is 9.05 Å². The van der Waals surface area contributed by atoms with Crippen molar-refractivity contribution in [1.29, 1.82) is 0 Å². The standard InChI is InChI=1S/C9H22N2O2Si2/c1-14(2,3)12-10-8-7-9-11-13-15(4,5)6/h8-9H,7H2,1-6H3/b10-8+,11-9+. The van der Waals surface area contributed by atoms with Crippen LogP contribution >= 0.6 is 0 Å². The van der Waals surface area contributed by atoms with Gasteiger partial charge in [0, 0.05) is 18.9 Å². The predicted octanol–water partition coefficient (Wildman–Crippen LogP) is 3.05. The first-order valence-electron chi connectivity index (χ1n) is 5.11. The molecule has 0 amide bonds. The van der Waals surface area contributed by atoms with Gasteiger partial charge >= 0.3 is 0 Å². The number of nitrogens with zero attached hydrogens (tertiary/aromatic N) is 2. The van der Waals surface area contributed by atoms with Crippen molar-refractivity contribution in [2.45, 2.75) is 45.7 Å².